The molecule has 0 rings (SSSR count). The Balaban J connectivity index is 5.69. The number of rotatable bonds is 14. The summed E-state index contributed by atoms with van der Waals surface area (Å²) in [5, 5.41) is 15.4. The number of amides is 1. The Labute approximate surface area is 179 Å². The predicted molar refractivity (Wildman–Crippen MR) is 113 cm³/mol. The summed E-state index contributed by atoms with van der Waals surface area (Å²) in [4.78, 5) is 36.4. The van der Waals surface area contributed by atoms with Crippen LogP contribution in [-0.2, 0) is 28.4 Å². The number of ether oxygens (including phenoxy) is 2. The number of nitrogens with one attached hydrogen (secondary N) is 2. The van der Waals surface area contributed by atoms with Gasteiger partial charge in [-0.25, -0.2) is 15.2 Å². The van der Waals surface area contributed by atoms with Crippen LogP contribution in [0.4, 0.5) is 0 Å². The zero-order valence-electron chi connectivity index (χ0n) is 19.1. The van der Waals surface area contributed by atoms with E-state index in [0.717, 1.165) is 0 Å². The molecule has 1 amide bonds. The van der Waals surface area contributed by atoms with Gasteiger partial charge in [-0.05, 0) is 32.1 Å². The van der Waals surface area contributed by atoms with E-state index in [2.05, 4.69) is 10.2 Å². The SMILES string of the molecule is CCOC(=O)[C@@H](NP(=O)(CCCC(=O)N(C)O)N[C@H](C(=O)OCC)C(C)C)C(C)C. The van der Waals surface area contributed by atoms with Gasteiger partial charge in [-0.1, -0.05) is 27.7 Å². The molecule has 10 nitrogen and oxygen atoms in total. The number of hydrogen-bond acceptors (Lipinski definition) is 7. The summed E-state index contributed by atoms with van der Waals surface area (Å²) in [6.45, 7) is 10.9. The lowest BCUT2D eigenvalue weighted by atomic mass is 10.1. The lowest BCUT2D eigenvalue weighted by Crippen LogP contribution is -2.48. The molecule has 0 bridgehead atoms. The number of carbonyl (C=O) groups excluding carboxylic acids is 3. The van der Waals surface area contributed by atoms with E-state index in [1.807, 2.05) is 0 Å². The molecular formula is C19H38N3O7P. The van der Waals surface area contributed by atoms with Crippen molar-refractivity contribution in [3.8, 4) is 0 Å². The fourth-order valence-corrected chi connectivity index (χ4v) is 5.28. The minimum atomic E-state index is -3.53. The number of nitrogens with zero attached hydrogens (tertiary/aromatic N) is 1. The van der Waals surface area contributed by atoms with Gasteiger partial charge >= 0.3 is 11.9 Å². The van der Waals surface area contributed by atoms with E-state index in [-0.39, 0.29) is 44.1 Å². The Bertz CT molecular complexity index is 575. The average Bonchev–Trinajstić information content (AvgIpc) is 2.64. The van der Waals surface area contributed by atoms with Gasteiger partial charge in [-0.2, -0.15) is 0 Å². The third kappa shape index (κ3) is 10.0. The molecule has 2 atom stereocenters. The Morgan fingerprint density at radius 2 is 1.33 bits per heavy atom. The fourth-order valence-electron chi connectivity index (χ4n) is 2.64. The van der Waals surface area contributed by atoms with E-state index in [4.69, 9.17) is 9.47 Å². The Morgan fingerprint density at radius 3 is 1.63 bits per heavy atom. The second-order valence-corrected chi connectivity index (χ2v) is 10.1. The molecule has 0 aliphatic carbocycles. The third-order valence-corrected chi connectivity index (χ3v) is 6.67. The minimum Gasteiger partial charge on any atom is -0.465 e. The molecule has 0 fully saturated rings. The molecule has 0 aliphatic rings. The maximum Gasteiger partial charge on any atom is 0.323 e. The maximum atomic E-state index is 13.8. The molecule has 0 aromatic carbocycles. The second-order valence-electron chi connectivity index (χ2n) is 7.69. The van der Waals surface area contributed by atoms with Gasteiger partial charge in [-0.15, -0.1) is 0 Å². The van der Waals surface area contributed by atoms with Crippen LogP contribution in [0.5, 0.6) is 0 Å². The number of carbonyl (C=O) groups is 3. The van der Waals surface area contributed by atoms with E-state index < -0.39 is 37.4 Å². The Morgan fingerprint density at radius 1 is 0.933 bits per heavy atom. The molecule has 0 unspecified atom stereocenters. The highest BCUT2D eigenvalue weighted by Crippen LogP contribution is 2.40. The molecule has 0 spiro atoms. The lowest BCUT2D eigenvalue weighted by molar-refractivity contribution is -0.159. The van der Waals surface area contributed by atoms with Crippen LogP contribution in [0, 0.1) is 11.8 Å². The summed E-state index contributed by atoms with van der Waals surface area (Å²) >= 11 is 0. The molecule has 0 radical (unpaired) electrons. The molecule has 0 saturated carbocycles. The van der Waals surface area contributed by atoms with Gasteiger partial charge in [0.1, 0.15) is 12.1 Å². The highest BCUT2D eigenvalue weighted by atomic mass is 31.2. The molecule has 30 heavy (non-hydrogen) atoms. The van der Waals surface area contributed by atoms with E-state index >= 15 is 0 Å². The molecule has 0 heterocycles. The van der Waals surface area contributed by atoms with Gasteiger partial charge in [0.25, 0.3) is 0 Å². The van der Waals surface area contributed by atoms with Gasteiger partial charge in [-0.3, -0.25) is 24.2 Å². The van der Waals surface area contributed by atoms with E-state index in [1.54, 1.807) is 41.5 Å². The number of esters is 2. The van der Waals surface area contributed by atoms with Crippen molar-refractivity contribution in [3.63, 3.8) is 0 Å². The summed E-state index contributed by atoms with van der Waals surface area (Å²) in [6.07, 6.45) is 0.109. The van der Waals surface area contributed by atoms with Crippen LogP contribution in [0.3, 0.4) is 0 Å². The minimum absolute atomic E-state index is 0.0160. The summed E-state index contributed by atoms with van der Waals surface area (Å²) in [6, 6.07) is -1.73. The van der Waals surface area contributed by atoms with Crippen LogP contribution in [0.1, 0.15) is 54.4 Å². The molecule has 11 heteroatoms. The molecular weight excluding hydrogens is 413 g/mol. The summed E-state index contributed by atoms with van der Waals surface area (Å²) < 4.78 is 24.0. The Kier molecular flexibility index (Phi) is 13.1. The first-order valence-electron chi connectivity index (χ1n) is 10.3. The third-order valence-electron chi connectivity index (χ3n) is 4.33. The topological polar surface area (TPSA) is 134 Å². The highest BCUT2D eigenvalue weighted by molar-refractivity contribution is 7.59. The molecule has 0 aromatic rings. The lowest BCUT2D eigenvalue weighted by Gasteiger charge is -2.31. The van der Waals surface area contributed by atoms with Gasteiger partial charge in [0.2, 0.25) is 13.4 Å². The van der Waals surface area contributed by atoms with Gasteiger partial charge < -0.3 is 9.47 Å². The van der Waals surface area contributed by atoms with Crippen LogP contribution in [0.25, 0.3) is 0 Å². The molecule has 3 N–H and O–H groups in total. The van der Waals surface area contributed by atoms with Crippen molar-refractivity contribution in [2.24, 2.45) is 11.8 Å². The van der Waals surface area contributed by atoms with Gasteiger partial charge in [0, 0.05) is 19.6 Å². The largest absolute Gasteiger partial charge is 0.465 e. The van der Waals surface area contributed by atoms with E-state index in [9.17, 15) is 24.2 Å². The van der Waals surface area contributed by atoms with Crippen molar-refractivity contribution in [2.45, 2.75) is 66.5 Å². The van der Waals surface area contributed by atoms with Gasteiger partial charge in [0.05, 0.1) is 13.2 Å². The second kappa shape index (κ2) is 13.7. The van der Waals surface area contributed by atoms with Crippen molar-refractivity contribution < 1.29 is 33.6 Å². The van der Waals surface area contributed by atoms with Crippen molar-refractivity contribution in [1.82, 2.24) is 15.2 Å². The van der Waals surface area contributed by atoms with Crippen molar-refractivity contribution >= 4 is 25.3 Å². The fraction of sp³-hybridized carbons (Fsp3) is 0.842. The number of hydroxylamine groups is 2. The van der Waals surface area contributed by atoms with E-state index in [1.165, 1.54) is 7.05 Å². The summed E-state index contributed by atoms with van der Waals surface area (Å²) in [7, 11) is -2.32. The molecule has 0 saturated heterocycles. The monoisotopic (exact) mass is 451 g/mol. The smallest absolute Gasteiger partial charge is 0.323 e. The highest BCUT2D eigenvalue weighted by Gasteiger charge is 2.37. The molecule has 0 aromatic heterocycles. The van der Waals surface area contributed by atoms with Crippen molar-refractivity contribution in [1.29, 1.82) is 0 Å². The standard InChI is InChI=1S/C19H38N3O7P/c1-8-28-18(24)16(13(3)4)20-30(27,12-10-11-15(23)22(7)26)21-17(14(5)6)19(25)29-9-2/h13-14,16-17,26H,8-12H2,1-7H3,(H2,20,21,27)/t16-,17-/m0/s1. The average molecular weight is 452 g/mol. The first-order chi connectivity index (χ1) is 13.9. The first kappa shape index (κ1) is 28.5. The molecule has 176 valence electrons. The van der Waals surface area contributed by atoms with Crippen LogP contribution in [0.15, 0.2) is 0 Å². The van der Waals surface area contributed by atoms with Gasteiger partial charge in [0.15, 0.2) is 0 Å². The Hall–Kier alpha value is -1.48. The van der Waals surface area contributed by atoms with Crippen molar-refractivity contribution in [3.05, 3.63) is 0 Å². The van der Waals surface area contributed by atoms with Crippen LogP contribution in [0.2, 0.25) is 0 Å². The quantitative estimate of drug-likeness (QED) is 0.157. The first-order valence-corrected chi connectivity index (χ1v) is 12.2. The van der Waals surface area contributed by atoms with E-state index in [0.29, 0.717) is 5.06 Å². The zero-order chi connectivity index (χ0) is 23.5. The normalized spacial score (nSPS) is 13.8. The number of hydrogen-bond donors (Lipinski definition) is 3. The van der Waals surface area contributed by atoms with Crippen molar-refractivity contribution in [2.75, 3.05) is 26.4 Å². The van der Waals surface area contributed by atoms with Crippen LogP contribution >= 0.6 is 7.44 Å². The predicted octanol–water partition coefficient (Wildman–Crippen LogP) is 2.16. The zero-order valence-corrected chi connectivity index (χ0v) is 20.0. The van der Waals surface area contributed by atoms with Crippen LogP contribution < -0.4 is 10.2 Å². The summed E-state index contributed by atoms with van der Waals surface area (Å²) in [5.41, 5.74) is 0. The molecule has 0 aliphatic heterocycles. The summed E-state index contributed by atoms with van der Waals surface area (Å²) in [5.74, 6) is -2.08. The maximum absolute atomic E-state index is 13.8. The van der Waals surface area contributed by atoms with Crippen LogP contribution in [-0.4, -0.2) is 66.6 Å².